The molecule has 7 aromatic carbocycles. The maximum Gasteiger partial charge on any atom is 0.417 e. The van der Waals surface area contributed by atoms with E-state index in [1.807, 2.05) is 60.7 Å². The number of fused-ring (bicyclic) bond motifs is 6. The maximum atomic E-state index is 14.8. The van der Waals surface area contributed by atoms with Gasteiger partial charge in [0.25, 0.3) is 0 Å². The number of hydrogen-bond donors (Lipinski definition) is 0. The van der Waals surface area contributed by atoms with Crippen LogP contribution in [0.2, 0.25) is 0 Å². The zero-order valence-electron chi connectivity index (χ0n) is 34.3. The second-order valence-corrected chi connectivity index (χ2v) is 17.7. The quantitative estimate of drug-likeness (QED) is 0.175. The van der Waals surface area contributed by atoms with Gasteiger partial charge in [0.1, 0.15) is 0 Å². The first-order chi connectivity index (χ1) is 28.0. The molecule has 0 fully saturated rings. The molecule has 0 N–H and O–H groups in total. The van der Waals surface area contributed by atoms with Gasteiger partial charge in [-0.3, -0.25) is 0 Å². The molecule has 0 saturated carbocycles. The van der Waals surface area contributed by atoms with E-state index < -0.39 is 11.7 Å². The van der Waals surface area contributed by atoms with Gasteiger partial charge in [-0.25, -0.2) is 0 Å². The van der Waals surface area contributed by atoms with Gasteiger partial charge in [-0.05, 0) is 118 Å². The molecule has 2 heterocycles. The summed E-state index contributed by atoms with van der Waals surface area (Å²) in [6.45, 7) is 14.9. The van der Waals surface area contributed by atoms with Gasteiger partial charge in [-0.15, -0.1) is 0 Å². The summed E-state index contributed by atoms with van der Waals surface area (Å²) in [6, 6.07) is 47.8. The number of hydrogen-bond acceptors (Lipinski definition) is 1. The molecule has 9 rings (SSSR count). The number of halogens is 3. The van der Waals surface area contributed by atoms with Gasteiger partial charge in [0, 0.05) is 32.7 Å². The van der Waals surface area contributed by atoms with E-state index in [2.05, 4.69) is 117 Å². The van der Waals surface area contributed by atoms with Gasteiger partial charge >= 0.3 is 6.18 Å². The second kappa shape index (κ2) is 13.5. The minimum atomic E-state index is -4.57. The summed E-state index contributed by atoms with van der Waals surface area (Å²) in [5.41, 5.74) is 10.1. The van der Waals surface area contributed by atoms with Crippen LogP contribution in [0.4, 0.5) is 13.2 Å². The van der Waals surface area contributed by atoms with Crippen LogP contribution in [-0.2, 0) is 17.0 Å². The van der Waals surface area contributed by atoms with Crippen molar-refractivity contribution in [3.63, 3.8) is 0 Å². The van der Waals surface area contributed by atoms with Crippen LogP contribution in [0.15, 0.2) is 140 Å². The zero-order valence-corrected chi connectivity index (χ0v) is 34.3. The Morgan fingerprint density at radius 3 is 1.49 bits per heavy atom. The molecule has 0 saturated heterocycles. The molecule has 2 aromatic heterocycles. The summed E-state index contributed by atoms with van der Waals surface area (Å²) in [7, 11) is 0. The first kappa shape index (κ1) is 38.0. The summed E-state index contributed by atoms with van der Waals surface area (Å²) in [5, 5.41) is 14.8. The highest BCUT2D eigenvalue weighted by Crippen LogP contribution is 2.46. The standard InChI is InChI=1S/C53H44F3N3/c1-32-13-12-16-43(53(54,55)56)50(32)34-20-24-47(59-45-18-11-9-15-38(45)42-30-36(52(5,6)7)22-26-49(42)59)40(28-34)39-27-33(31-57)19-23-46(39)58-44-17-10-8-14-37(44)41-29-35(51(2,3)4)21-25-48(41)58/h8-30H,1-7H3. The van der Waals surface area contributed by atoms with Crippen molar-refractivity contribution in [2.45, 2.75) is 65.5 Å². The lowest BCUT2D eigenvalue weighted by molar-refractivity contribution is -0.137. The van der Waals surface area contributed by atoms with Gasteiger partial charge < -0.3 is 9.13 Å². The molecular weight excluding hydrogens is 736 g/mol. The molecule has 0 aliphatic rings. The van der Waals surface area contributed by atoms with E-state index >= 15 is 0 Å². The van der Waals surface area contributed by atoms with Crippen molar-refractivity contribution in [1.82, 2.24) is 9.13 Å². The topological polar surface area (TPSA) is 33.6 Å². The highest BCUT2D eigenvalue weighted by atomic mass is 19.4. The first-order valence-corrected chi connectivity index (χ1v) is 20.0. The lowest BCUT2D eigenvalue weighted by Gasteiger charge is -2.22. The molecule has 0 aliphatic heterocycles. The third-order valence-electron chi connectivity index (χ3n) is 11.8. The van der Waals surface area contributed by atoms with E-state index in [-0.39, 0.29) is 16.4 Å². The molecule has 9 aromatic rings. The van der Waals surface area contributed by atoms with Crippen LogP contribution in [0.5, 0.6) is 0 Å². The Hall–Kier alpha value is -6.58. The molecule has 0 aliphatic carbocycles. The molecule has 0 amide bonds. The predicted molar refractivity (Wildman–Crippen MR) is 238 cm³/mol. The van der Waals surface area contributed by atoms with Crippen LogP contribution in [0.25, 0.3) is 77.2 Å². The smallest absolute Gasteiger partial charge is 0.309 e. The fourth-order valence-electron chi connectivity index (χ4n) is 8.80. The molecule has 6 heteroatoms. The van der Waals surface area contributed by atoms with Crippen LogP contribution in [0.3, 0.4) is 0 Å². The SMILES string of the molecule is Cc1cccc(C(F)(F)F)c1-c1ccc(-n2c3ccccc3c3cc(C(C)(C)C)ccc32)c(-c2cc(C#N)ccc2-n2c3ccccc3c3cc(C(C)(C)C)ccc32)c1. The van der Waals surface area contributed by atoms with Crippen molar-refractivity contribution in [2.24, 2.45) is 0 Å². The molecule has 0 radical (unpaired) electrons. The number of para-hydroxylation sites is 2. The lowest BCUT2D eigenvalue weighted by atomic mass is 9.86. The number of nitrogens with zero attached hydrogens (tertiary/aromatic N) is 3. The van der Waals surface area contributed by atoms with Crippen molar-refractivity contribution in [1.29, 1.82) is 5.26 Å². The number of nitriles is 1. The second-order valence-electron chi connectivity index (χ2n) is 17.7. The van der Waals surface area contributed by atoms with Crippen molar-refractivity contribution < 1.29 is 13.2 Å². The fourth-order valence-corrected chi connectivity index (χ4v) is 8.80. The summed E-state index contributed by atoms with van der Waals surface area (Å²) in [4.78, 5) is 0. The van der Waals surface area contributed by atoms with E-state index in [4.69, 9.17) is 0 Å². The zero-order chi connectivity index (χ0) is 41.6. The average molecular weight is 780 g/mol. The van der Waals surface area contributed by atoms with Gasteiger partial charge in [-0.2, -0.15) is 18.4 Å². The van der Waals surface area contributed by atoms with Crippen LogP contribution < -0.4 is 0 Å². The predicted octanol–water partition coefficient (Wildman–Crippen LogP) is 15.0. The van der Waals surface area contributed by atoms with E-state index in [9.17, 15) is 18.4 Å². The monoisotopic (exact) mass is 779 g/mol. The number of rotatable bonds is 4. The molecule has 0 spiro atoms. The van der Waals surface area contributed by atoms with Crippen LogP contribution >= 0.6 is 0 Å². The van der Waals surface area contributed by atoms with E-state index in [0.717, 1.165) is 66.6 Å². The third-order valence-corrected chi connectivity index (χ3v) is 11.8. The van der Waals surface area contributed by atoms with Gasteiger partial charge in [0.15, 0.2) is 0 Å². The van der Waals surface area contributed by atoms with Crippen LogP contribution in [-0.4, -0.2) is 9.13 Å². The molecule has 59 heavy (non-hydrogen) atoms. The number of alkyl halides is 3. The number of aryl methyl sites for hydroxylation is 1. The number of aromatic nitrogens is 2. The van der Waals surface area contributed by atoms with Crippen LogP contribution in [0.1, 0.15) is 69.4 Å². The summed E-state index contributed by atoms with van der Waals surface area (Å²) in [6.07, 6.45) is -4.57. The number of benzene rings is 7. The highest BCUT2D eigenvalue weighted by molar-refractivity contribution is 6.12. The Morgan fingerprint density at radius 1 is 0.492 bits per heavy atom. The largest absolute Gasteiger partial charge is 0.417 e. The Morgan fingerprint density at radius 2 is 0.983 bits per heavy atom. The normalized spacial score (nSPS) is 12.6. The Bertz CT molecular complexity index is 3190. The molecule has 0 unspecified atom stereocenters. The summed E-state index contributed by atoms with van der Waals surface area (Å²) in [5.74, 6) is 0. The van der Waals surface area contributed by atoms with E-state index in [0.29, 0.717) is 22.3 Å². The Labute approximate surface area is 342 Å². The van der Waals surface area contributed by atoms with E-state index in [1.165, 1.54) is 17.2 Å². The third kappa shape index (κ3) is 6.28. The molecule has 292 valence electrons. The Kier molecular flexibility index (Phi) is 8.68. The van der Waals surface area contributed by atoms with E-state index in [1.54, 1.807) is 13.0 Å². The summed E-state index contributed by atoms with van der Waals surface area (Å²) >= 11 is 0. The van der Waals surface area contributed by atoms with Crippen LogP contribution in [0, 0.1) is 18.3 Å². The van der Waals surface area contributed by atoms with Gasteiger partial charge in [0.05, 0.1) is 50.6 Å². The van der Waals surface area contributed by atoms with Gasteiger partial charge in [-0.1, -0.05) is 108 Å². The molecular formula is C53H44F3N3. The van der Waals surface area contributed by atoms with Crippen molar-refractivity contribution >= 4 is 43.6 Å². The molecule has 3 nitrogen and oxygen atoms in total. The fraction of sp³-hybridized carbons (Fsp3) is 0.189. The van der Waals surface area contributed by atoms with Crippen molar-refractivity contribution in [3.05, 3.63) is 167 Å². The highest BCUT2D eigenvalue weighted by Gasteiger charge is 2.34. The maximum absolute atomic E-state index is 14.8. The summed E-state index contributed by atoms with van der Waals surface area (Å²) < 4.78 is 48.9. The van der Waals surface area contributed by atoms with Crippen molar-refractivity contribution in [2.75, 3.05) is 0 Å². The van der Waals surface area contributed by atoms with Gasteiger partial charge in [0.2, 0.25) is 0 Å². The lowest BCUT2D eigenvalue weighted by Crippen LogP contribution is -2.10. The molecule has 0 atom stereocenters. The minimum absolute atomic E-state index is 0.0763. The molecule has 0 bridgehead atoms. The Balaban J connectivity index is 1.43. The first-order valence-electron chi connectivity index (χ1n) is 20.0. The average Bonchev–Trinajstić information content (AvgIpc) is 3.71. The minimum Gasteiger partial charge on any atom is -0.309 e. The van der Waals surface area contributed by atoms with Crippen molar-refractivity contribution in [3.8, 4) is 39.7 Å².